The molecule has 1 heterocycles. The molecule has 0 bridgehead atoms. The van der Waals surface area contributed by atoms with Gasteiger partial charge in [0.05, 0.1) is 6.61 Å². The molecule has 0 aliphatic carbocycles. The van der Waals surface area contributed by atoms with Crippen molar-refractivity contribution in [3.8, 4) is 0 Å². The summed E-state index contributed by atoms with van der Waals surface area (Å²) in [4.78, 5) is 0. The van der Waals surface area contributed by atoms with E-state index in [0.717, 1.165) is 23.3 Å². The Morgan fingerprint density at radius 1 is 1.37 bits per heavy atom. The summed E-state index contributed by atoms with van der Waals surface area (Å²) in [7, 11) is 0. The van der Waals surface area contributed by atoms with Crippen LogP contribution in [0.15, 0.2) is 41.3 Å². The number of fused-ring (bicyclic) bond motifs is 1. The molecule has 0 fully saturated rings. The van der Waals surface area contributed by atoms with E-state index >= 15 is 0 Å². The summed E-state index contributed by atoms with van der Waals surface area (Å²) in [5, 5.41) is 4.60. The van der Waals surface area contributed by atoms with Crippen LogP contribution in [0.3, 0.4) is 0 Å². The quantitative estimate of drug-likeness (QED) is 0.609. The first kappa shape index (κ1) is 13.8. The van der Waals surface area contributed by atoms with Crippen molar-refractivity contribution < 1.29 is 9.15 Å². The Labute approximate surface area is 114 Å². The van der Waals surface area contributed by atoms with Gasteiger partial charge < -0.3 is 14.5 Å². The molecule has 1 aromatic heterocycles. The van der Waals surface area contributed by atoms with Gasteiger partial charge in [0.1, 0.15) is 18.0 Å². The average molecular weight is 259 g/mol. The first-order chi connectivity index (χ1) is 9.22. The highest BCUT2D eigenvalue weighted by Crippen LogP contribution is 2.26. The van der Waals surface area contributed by atoms with Crippen molar-refractivity contribution in [1.29, 1.82) is 0 Å². The highest BCUT2D eigenvalue weighted by atomic mass is 16.5. The first-order valence-corrected chi connectivity index (χ1v) is 6.63. The van der Waals surface area contributed by atoms with Crippen LogP contribution >= 0.6 is 0 Å². The van der Waals surface area contributed by atoms with Crippen LogP contribution in [0.25, 0.3) is 11.0 Å². The number of nitrogens with one attached hydrogen (secondary N) is 1. The van der Waals surface area contributed by atoms with E-state index in [2.05, 4.69) is 31.8 Å². The zero-order valence-electron chi connectivity index (χ0n) is 11.6. The Kier molecular flexibility index (Phi) is 4.77. The van der Waals surface area contributed by atoms with E-state index in [0.29, 0.717) is 19.3 Å². The van der Waals surface area contributed by atoms with Gasteiger partial charge >= 0.3 is 0 Å². The van der Waals surface area contributed by atoms with E-state index in [9.17, 15) is 0 Å². The van der Waals surface area contributed by atoms with E-state index in [1.807, 2.05) is 18.2 Å². The van der Waals surface area contributed by atoms with Crippen molar-refractivity contribution in [3.05, 3.63) is 48.2 Å². The zero-order chi connectivity index (χ0) is 13.7. The van der Waals surface area contributed by atoms with E-state index in [1.165, 1.54) is 5.56 Å². The average Bonchev–Trinajstić information content (AvgIpc) is 2.74. The van der Waals surface area contributed by atoms with Crippen LogP contribution in [0.5, 0.6) is 0 Å². The summed E-state index contributed by atoms with van der Waals surface area (Å²) >= 11 is 0. The smallest absolute Gasteiger partial charge is 0.135 e. The molecular formula is C16H21NO2. The number of hydrogen-bond donors (Lipinski definition) is 1. The largest absolute Gasteiger partial charge is 0.458 e. The second-order valence-corrected chi connectivity index (χ2v) is 4.84. The molecule has 0 aliphatic rings. The molecule has 2 rings (SSSR count). The molecule has 0 radical (unpaired) electrons. The second-order valence-electron chi connectivity index (χ2n) is 4.84. The Bertz CT molecular complexity index is 543. The zero-order valence-corrected chi connectivity index (χ0v) is 11.6. The topological polar surface area (TPSA) is 34.4 Å². The summed E-state index contributed by atoms with van der Waals surface area (Å²) in [5.74, 6) is 0.899. The van der Waals surface area contributed by atoms with Crippen molar-refractivity contribution in [1.82, 2.24) is 5.32 Å². The van der Waals surface area contributed by atoms with Gasteiger partial charge in [0.25, 0.3) is 0 Å². The summed E-state index contributed by atoms with van der Waals surface area (Å²) in [6, 6.07) is 8.54. The minimum Gasteiger partial charge on any atom is -0.458 e. The minimum atomic E-state index is 0.440. The van der Waals surface area contributed by atoms with Crippen molar-refractivity contribution >= 4 is 11.0 Å². The van der Waals surface area contributed by atoms with E-state index < -0.39 is 0 Å². The molecule has 0 unspecified atom stereocenters. The molecule has 3 heteroatoms. The molecule has 102 valence electrons. The lowest BCUT2D eigenvalue weighted by molar-refractivity contribution is 0.132. The van der Waals surface area contributed by atoms with Crippen molar-refractivity contribution in [2.75, 3.05) is 6.61 Å². The maximum absolute atomic E-state index is 5.88. The van der Waals surface area contributed by atoms with Crippen LogP contribution in [-0.4, -0.2) is 12.6 Å². The Morgan fingerprint density at radius 2 is 2.16 bits per heavy atom. The van der Waals surface area contributed by atoms with Crippen molar-refractivity contribution in [2.24, 2.45) is 0 Å². The standard InChI is InChI=1S/C16H21NO2/c1-4-9-18-11-16-14(10-17-12(2)3)13-7-5-6-8-15(13)19-16/h4-8,12,17H,1,9-11H2,2-3H3. The van der Waals surface area contributed by atoms with Crippen LogP contribution < -0.4 is 5.32 Å². The highest BCUT2D eigenvalue weighted by Gasteiger charge is 2.13. The SMILES string of the molecule is C=CCOCc1oc2ccccc2c1CNC(C)C. The van der Waals surface area contributed by atoms with Crippen molar-refractivity contribution in [2.45, 2.75) is 33.0 Å². The fourth-order valence-corrected chi connectivity index (χ4v) is 2.00. The number of ether oxygens (including phenoxy) is 1. The van der Waals surface area contributed by atoms with Gasteiger partial charge in [0, 0.05) is 23.5 Å². The summed E-state index contributed by atoms with van der Waals surface area (Å²) in [6.07, 6.45) is 1.74. The highest BCUT2D eigenvalue weighted by molar-refractivity contribution is 5.82. The number of furan rings is 1. The molecule has 1 N–H and O–H groups in total. The van der Waals surface area contributed by atoms with Crippen LogP contribution in [0, 0.1) is 0 Å². The summed E-state index contributed by atoms with van der Waals surface area (Å²) in [5.41, 5.74) is 2.11. The summed E-state index contributed by atoms with van der Waals surface area (Å²) in [6.45, 7) is 9.73. The van der Waals surface area contributed by atoms with E-state index in [-0.39, 0.29) is 0 Å². The molecule has 0 atom stereocenters. The minimum absolute atomic E-state index is 0.440. The van der Waals surface area contributed by atoms with Crippen LogP contribution in [0.1, 0.15) is 25.2 Å². The Balaban J connectivity index is 2.26. The molecule has 2 aromatic rings. The third-order valence-electron chi connectivity index (χ3n) is 2.94. The van der Waals surface area contributed by atoms with Gasteiger partial charge in [-0.05, 0) is 6.07 Å². The maximum atomic E-state index is 5.88. The van der Waals surface area contributed by atoms with Gasteiger partial charge in [-0.2, -0.15) is 0 Å². The normalized spacial score (nSPS) is 11.3. The van der Waals surface area contributed by atoms with Crippen LogP contribution in [0.2, 0.25) is 0 Å². The number of para-hydroxylation sites is 1. The molecule has 0 saturated carbocycles. The van der Waals surface area contributed by atoms with Gasteiger partial charge in [-0.15, -0.1) is 6.58 Å². The third kappa shape index (κ3) is 3.46. The molecule has 0 amide bonds. The van der Waals surface area contributed by atoms with Gasteiger partial charge in [0.2, 0.25) is 0 Å². The van der Waals surface area contributed by atoms with Crippen molar-refractivity contribution in [3.63, 3.8) is 0 Å². The predicted molar refractivity (Wildman–Crippen MR) is 78.0 cm³/mol. The van der Waals surface area contributed by atoms with Gasteiger partial charge in [-0.25, -0.2) is 0 Å². The molecule has 0 spiro atoms. The molecule has 3 nitrogen and oxygen atoms in total. The Morgan fingerprint density at radius 3 is 2.89 bits per heavy atom. The number of rotatable bonds is 7. The molecule has 0 saturated heterocycles. The van der Waals surface area contributed by atoms with Crippen LogP contribution in [0.4, 0.5) is 0 Å². The van der Waals surface area contributed by atoms with E-state index in [4.69, 9.17) is 9.15 Å². The lowest BCUT2D eigenvalue weighted by Crippen LogP contribution is -2.22. The second kappa shape index (κ2) is 6.55. The molecular weight excluding hydrogens is 238 g/mol. The molecule has 19 heavy (non-hydrogen) atoms. The lowest BCUT2D eigenvalue weighted by Gasteiger charge is -2.08. The van der Waals surface area contributed by atoms with Gasteiger partial charge in [-0.1, -0.05) is 38.1 Å². The van der Waals surface area contributed by atoms with Gasteiger partial charge in [-0.3, -0.25) is 0 Å². The molecule has 0 aliphatic heterocycles. The summed E-state index contributed by atoms with van der Waals surface area (Å²) < 4.78 is 11.4. The third-order valence-corrected chi connectivity index (χ3v) is 2.94. The van der Waals surface area contributed by atoms with E-state index in [1.54, 1.807) is 6.08 Å². The maximum Gasteiger partial charge on any atom is 0.135 e. The van der Waals surface area contributed by atoms with Crippen LogP contribution in [-0.2, 0) is 17.9 Å². The fourth-order valence-electron chi connectivity index (χ4n) is 2.00. The first-order valence-electron chi connectivity index (χ1n) is 6.63. The number of benzene rings is 1. The van der Waals surface area contributed by atoms with Gasteiger partial charge in [0.15, 0.2) is 0 Å². The lowest BCUT2D eigenvalue weighted by atomic mass is 10.1. The number of hydrogen-bond acceptors (Lipinski definition) is 3. The predicted octanol–water partition coefficient (Wildman–Crippen LogP) is 3.63. The molecule has 1 aromatic carbocycles. The monoisotopic (exact) mass is 259 g/mol. The Hall–Kier alpha value is -1.58. The fraction of sp³-hybridized carbons (Fsp3) is 0.375.